The van der Waals surface area contributed by atoms with E-state index in [9.17, 15) is 17.6 Å². The highest BCUT2D eigenvalue weighted by molar-refractivity contribution is 8.13. The molecule has 0 radical (unpaired) electrons. The van der Waals surface area contributed by atoms with Crippen molar-refractivity contribution in [2.24, 2.45) is 5.41 Å². The summed E-state index contributed by atoms with van der Waals surface area (Å²) in [4.78, 5) is 11.5. The van der Waals surface area contributed by atoms with Crippen LogP contribution >= 0.6 is 10.7 Å². The molecule has 0 bridgehead atoms. The van der Waals surface area contributed by atoms with Crippen LogP contribution in [0.15, 0.2) is 23.1 Å². The number of hydrogen-bond donors (Lipinski definition) is 1. The first-order valence-electron chi connectivity index (χ1n) is 6.29. The molecule has 1 aliphatic rings. The van der Waals surface area contributed by atoms with Crippen LogP contribution in [0.1, 0.15) is 36.5 Å². The van der Waals surface area contributed by atoms with Crippen LogP contribution in [0.5, 0.6) is 0 Å². The third-order valence-electron chi connectivity index (χ3n) is 3.75. The summed E-state index contributed by atoms with van der Waals surface area (Å²) in [6, 6.07) is 2.85. The summed E-state index contributed by atoms with van der Waals surface area (Å²) in [5.74, 6) is -1.31. The Balaban J connectivity index is 2.16. The lowest BCUT2D eigenvalue weighted by Gasteiger charge is -2.13. The van der Waals surface area contributed by atoms with Gasteiger partial charge in [0, 0.05) is 22.8 Å². The molecule has 0 atom stereocenters. The first kappa shape index (κ1) is 15.3. The zero-order valence-corrected chi connectivity index (χ0v) is 12.5. The van der Waals surface area contributed by atoms with Gasteiger partial charge in [-0.05, 0) is 42.9 Å². The maximum atomic E-state index is 13.4. The van der Waals surface area contributed by atoms with Gasteiger partial charge in [0.2, 0.25) is 0 Å². The molecule has 0 unspecified atom stereocenters. The fraction of sp³-hybridized carbons (Fsp3) is 0.462. The largest absolute Gasteiger partial charge is 0.351 e. The predicted octanol–water partition coefficient (Wildman–Crippen LogP) is 2.67. The van der Waals surface area contributed by atoms with Crippen molar-refractivity contribution in [2.45, 2.75) is 31.1 Å². The standard InChI is InChI=1S/C13H15ClFNO3S/c1-2-13(3-4-13)8-16-12(17)9-5-10(15)7-11(6-9)20(14,18)19/h5-7H,2-4,8H2,1H3,(H,16,17). The molecule has 0 aliphatic heterocycles. The van der Waals surface area contributed by atoms with Crippen LogP contribution in [-0.2, 0) is 9.05 Å². The van der Waals surface area contributed by atoms with Crippen molar-refractivity contribution in [3.05, 3.63) is 29.6 Å². The quantitative estimate of drug-likeness (QED) is 0.849. The van der Waals surface area contributed by atoms with Gasteiger partial charge < -0.3 is 5.32 Å². The van der Waals surface area contributed by atoms with Crippen LogP contribution in [0.3, 0.4) is 0 Å². The Bertz CT molecular complexity index is 641. The van der Waals surface area contributed by atoms with E-state index in [1.165, 1.54) is 0 Å². The van der Waals surface area contributed by atoms with E-state index in [-0.39, 0.29) is 11.0 Å². The van der Waals surface area contributed by atoms with Crippen molar-refractivity contribution >= 4 is 25.6 Å². The van der Waals surface area contributed by atoms with Crippen molar-refractivity contribution in [1.29, 1.82) is 0 Å². The van der Waals surface area contributed by atoms with Gasteiger partial charge in [-0.3, -0.25) is 4.79 Å². The lowest BCUT2D eigenvalue weighted by atomic mass is 10.0. The summed E-state index contributed by atoms with van der Waals surface area (Å²) in [6.07, 6.45) is 3.10. The van der Waals surface area contributed by atoms with Gasteiger partial charge in [0.15, 0.2) is 0 Å². The molecular formula is C13H15ClFNO3S. The maximum absolute atomic E-state index is 13.4. The molecule has 1 amide bonds. The van der Waals surface area contributed by atoms with Crippen LogP contribution in [0.25, 0.3) is 0 Å². The number of carbonyl (C=O) groups excluding carboxylic acids is 1. The molecule has 0 spiro atoms. The van der Waals surface area contributed by atoms with Gasteiger partial charge in [-0.25, -0.2) is 12.8 Å². The molecule has 1 aliphatic carbocycles. The molecule has 0 aromatic heterocycles. The van der Waals surface area contributed by atoms with E-state index in [2.05, 4.69) is 12.2 Å². The van der Waals surface area contributed by atoms with Gasteiger partial charge in [-0.2, -0.15) is 0 Å². The number of hydrogen-bond acceptors (Lipinski definition) is 3. The van der Waals surface area contributed by atoms with E-state index < -0.39 is 25.7 Å². The molecule has 0 heterocycles. The highest BCUT2D eigenvalue weighted by Crippen LogP contribution is 2.47. The Hall–Kier alpha value is -1.14. The second-order valence-electron chi connectivity index (χ2n) is 5.15. The second kappa shape index (κ2) is 5.33. The van der Waals surface area contributed by atoms with Gasteiger partial charge in [0.1, 0.15) is 5.82 Å². The summed E-state index contributed by atoms with van der Waals surface area (Å²) in [6.45, 7) is 2.57. The third kappa shape index (κ3) is 3.49. The zero-order chi connectivity index (χ0) is 15.0. The SMILES string of the molecule is CCC1(CNC(=O)c2cc(F)cc(S(=O)(=O)Cl)c2)CC1. The average Bonchev–Trinajstić information content (AvgIpc) is 3.15. The Kier molecular flexibility index (Phi) is 4.07. The molecular weight excluding hydrogens is 305 g/mol. The minimum atomic E-state index is -4.06. The Morgan fingerprint density at radius 1 is 1.40 bits per heavy atom. The van der Waals surface area contributed by atoms with Gasteiger partial charge in [-0.1, -0.05) is 6.92 Å². The number of carbonyl (C=O) groups is 1. The van der Waals surface area contributed by atoms with E-state index in [4.69, 9.17) is 10.7 Å². The van der Waals surface area contributed by atoms with E-state index >= 15 is 0 Å². The highest BCUT2D eigenvalue weighted by atomic mass is 35.7. The first-order chi connectivity index (χ1) is 9.26. The number of benzene rings is 1. The van der Waals surface area contributed by atoms with E-state index in [1.54, 1.807) is 0 Å². The van der Waals surface area contributed by atoms with E-state index in [0.29, 0.717) is 6.54 Å². The maximum Gasteiger partial charge on any atom is 0.261 e. The van der Waals surface area contributed by atoms with Crippen molar-refractivity contribution in [2.75, 3.05) is 6.54 Å². The van der Waals surface area contributed by atoms with Crippen LogP contribution in [0.4, 0.5) is 4.39 Å². The number of halogens is 2. The average molecular weight is 320 g/mol. The van der Waals surface area contributed by atoms with Gasteiger partial charge in [0.25, 0.3) is 15.0 Å². The minimum absolute atomic E-state index is 0.0453. The number of rotatable bonds is 5. The monoisotopic (exact) mass is 319 g/mol. The van der Waals surface area contributed by atoms with Crippen molar-refractivity contribution in [3.8, 4) is 0 Å². The smallest absolute Gasteiger partial charge is 0.261 e. The van der Waals surface area contributed by atoms with Crippen LogP contribution in [0.2, 0.25) is 0 Å². The zero-order valence-electron chi connectivity index (χ0n) is 10.9. The Labute approximate surface area is 121 Å². The van der Waals surface area contributed by atoms with Crippen molar-refractivity contribution in [1.82, 2.24) is 5.32 Å². The molecule has 1 saturated carbocycles. The molecule has 1 aromatic carbocycles. The minimum Gasteiger partial charge on any atom is -0.351 e. The van der Waals surface area contributed by atoms with Crippen molar-refractivity contribution in [3.63, 3.8) is 0 Å². The summed E-state index contributed by atoms with van der Waals surface area (Å²) < 4.78 is 35.8. The highest BCUT2D eigenvalue weighted by Gasteiger charge is 2.40. The van der Waals surface area contributed by atoms with Crippen LogP contribution in [-0.4, -0.2) is 20.9 Å². The Morgan fingerprint density at radius 2 is 2.05 bits per heavy atom. The number of amides is 1. The summed E-state index contributed by atoms with van der Waals surface area (Å²) >= 11 is 0. The predicted molar refractivity (Wildman–Crippen MR) is 73.7 cm³/mol. The fourth-order valence-electron chi connectivity index (χ4n) is 2.04. The summed E-state index contributed by atoms with van der Waals surface area (Å²) in [7, 11) is 1.10. The first-order valence-corrected chi connectivity index (χ1v) is 8.60. The molecule has 1 N–H and O–H groups in total. The molecule has 1 aromatic rings. The van der Waals surface area contributed by atoms with E-state index in [0.717, 1.165) is 37.5 Å². The van der Waals surface area contributed by atoms with Crippen LogP contribution < -0.4 is 5.32 Å². The molecule has 7 heteroatoms. The van der Waals surface area contributed by atoms with Crippen molar-refractivity contribution < 1.29 is 17.6 Å². The molecule has 1 fully saturated rings. The van der Waals surface area contributed by atoms with Crippen LogP contribution in [0, 0.1) is 11.2 Å². The Morgan fingerprint density at radius 3 is 2.55 bits per heavy atom. The third-order valence-corrected chi connectivity index (χ3v) is 5.08. The van der Waals surface area contributed by atoms with Gasteiger partial charge in [-0.15, -0.1) is 0 Å². The molecule has 20 heavy (non-hydrogen) atoms. The summed E-state index contributed by atoms with van der Waals surface area (Å²) in [5.41, 5.74) is 0.112. The topological polar surface area (TPSA) is 63.2 Å². The normalized spacial score (nSPS) is 16.8. The number of nitrogens with one attached hydrogen (secondary N) is 1. The molecule has 2 rings (SSSR count). The molecule has 4 nitrogen and oxygen atoms in total. The second-order valence-corrected chi connectivity index (χ2v) is 7.72. The molecule has 110 valence electrons. The lowest BCUT2D eigenvalue weighted by Crippen LogP contribution is -2.30. The molecule has 0 saturated heterocycles. The van der Waals surface area contributed by atoms with Gasteiger partial charge >= 0.3 is 0 Å². The fourth-order valence-corrected chi connectivity index (χ4v) is 2.82. The van der Waals surface area contributed by atoms with Gasteiger partial charge in [0.05, 0.1) is 4.90 Å². The van der Waals surface area contributed by atoms with E-state index in [1.807, 2.05) is 0 Å². The summed E-state index contributed by atoms with van der Waals surface area (Å²) in [5, 5.41) is 2.72. The lowest BCUT2D eigenvalue weighted by molar-refractivity contribution is 0.0943.